The van der Waals surface area contributed by atoms with Crippen LogP contribution in [0.4, 0.5) is 0 Å². The van der Waals surface area contributed by atoms with Gasteiger partial charge in [0.25, 0.3) is 0 Å². The first-order valence-electron chi connectivity index (χ1n) is 10.1. The first-order valence-corrected chi connectivity index (χ1v) is 11.3. The largest absolute Gasteiger partial charge is 0.488 e. The van der Waals surface area contributed by atoms with Gasteiger partial charge in [-0.1, -0.05) is 12.1 Å². The fourth-order valence-electron chi connectivity index (χ4n) is 3.54. The number of halogens is 1. The molecule has 2 fully saturated rings. The molecule has 8 heteroatoms. The van der Waals surface area contributed by atoms with E-state index in [-0.39, 0.29) is 34.8 Å². The summed E-state index contributed by atoms with van der Waals surface area (Å²) in [4.78, 5) is 4.40. The Balaban J connectivity index is 0.00000300. The molecule has 1 aromatic rings. The Morgan fingerprint density at radius 1 is 1.24 bits per heavy atom. The number of hydrogen-bond acceptors (Lipinski definition) is 5. The van der Waals surface area contributed by atoms with E-state index in [1.165, 1.54) is 5.56 Å². The normalized spacial score (nSPS) is 21.3. The van der Waals surface area contributed by atoms with Gasteiger partial charge in [0.15, 0.2) is 5.96 Å². The van der Waals surface area contributed by atoms with Crippen molar-refractivity contribution in [2.75, 3.05) is 46.3 Å². The lowest BCUT2D eigenvalue weighted by atomic mass is 9.99. The highest BCUT2D eigenvalue weighted by atomic mass is 127. The monoisotopic (exact) mass is 535 g/mol. The minimum atomic E-state index is 0. The van der Waals surface area contributed by atoms with E-state index in [1.807, 2.05) is 18.8 Å². The van der Waals surface area contributed by atoms with E-state index < -0.39 is 0 Å². The summed E-state index contributed by atoms with van der Waals surface area (Å²) >= 11 is 1.92. The molecule has 3 rings (SSSR count). The Morgan fingerprint density at radius 3 is 2.69 bits per heavy atom. The van der Waals surface area contributed by atoms with Crippen molar-refractivity contribution in [3.05, 3.63) is 29.3 Å². The number of hydrogen-bond donors (Lipinski definition) is 2. The second-order valence-corrected chi connectivity index (χ2v) is 8.77. The third kappa shape index (κ3) is 7.18. The standard InChI is InChI=1S/C21H33N3O3S.HI/c1-16-4-5-17(19(12-16)27-18-6-9-26-14-18)13-23-20(22-2)24-15-21(28-3)7-10-25-11-8-21;/h4-5,12,18H,6-11,13-15H2,1-3H3,(H2,22,23,24);1H. The van der Waals surface area contributed by atoms with E-state index in [9.17, 15) is 0 Å². The van der Waals surface area contributed by atoms with Crippen LogP contribution in [0.5, 0.6) is 5.75 Å². The quantitative estimate of drug-likeness (QED) is 0.317. The molecule has 2 aliphatic heterocycles. The lowest BCUT2D eigenvalue weighted by molar-refractivity contribution is 0.0783. The highest BCUT2D eigenvalue weighted by Crippen LogP contribution is 2.33. The predicted octanol–water partition coefficient (Wildman–Crippen LogP) is 3.36. The fourth-order valence-corrected chi connectivity index (χ4v) is 4.34. The molecule has 2 aliphatic rings. The van der Waals surface area contributed by atoms with Gasteiger partial charge in [-0.15, -0.1) is 24.0 Å². The molecule has 0 aliphatic carbocycles. The van der Waals surface area contributed by atoms with Crippen molar-refractivity contribution < 1.29 is 14.2 Å². The molecule has 1 unspecified atom stereocenters. The molecule has 0 saturated carbocycles. The predicted molar refractivity (Wildman–Crippen MR) is 131 cm³/mol. The van der Waals surface area contributed by atoms with E-state index in [1.54, 1.807) is 0 Å². The number of aliphatic imine (C=N–C) groups is 1. The van der Waals surface area contributed by atoms with Crippen molar-refractivity contribution in [3.8, 4) is 5.75 Å². The van der Waals surface area contributed by atoms with Crippen LogP contribution in [0, 0.1) is 6.92 Å². The molecule has 6 nitrogen and oxygen atoms in total. The Labute approximate surface area is 195 Å². The van der Waals surface area contributed by atoms with Gasteiger partial charge >= 0.3 is 0 Å². The van der Waals surface area contributed by atoms with Crippen LogP contribution in [0.15, 0.2) is 23.2 Å². The first-order chi connectivity index (χ1) is 13.6. The number of nitrogens with zero attached hydrogens (tertiary/aromatic N) is 1. The highest BCUT2D eigenvalue weighted by molar-refractivity contribution is 14.0. The van der Waals surface area contributed by atoms with Crippen LogP contribution in [0.25, 0.3) is 0 Å². The number of guanidine groups is 1. The summed E-state index contributed by atoms with van der Waals surface area (Å²) in [7, 11) is 1.81. The number of aryl methyl sites for hydroxylation is 1. The molecule has 164 valence electrons. The minimum Gasteiger partial charge on any atom is -0.488 e. The first kappa shape index (κ1) is 24.6. The van der Waals surface area contributed by atoms with Gasteiger partial charge in [-0.25, -0.2) is 0 Å². The maximum atomic E-state index is 6.20. The molecule has 0 aromatic heterocycles. The van der Waals surface area contributed by atoms with Gasteiger partial charge in [-0.2, -0.15) is 11.8 Å². The van der Waals surface area contributed by atoms with Crippen LogP contribution in [0.1, 0.15) is 30.4 Å². The summed E-state index contributed by atoms with van der Waals surface area (Å²) in [5, 5.41) is 6.95. The molecule has 2 heterocycles. The molecule has 2 N–H and O–H groups in total. The zero-order valence-corrected chi connectivity index (χ0v) is 20.8. The van der Waals surface area contributed by atoms with Crippen LogP contribution in [-0.2, 0) is 16.0 Å². The van der Waals surface area contributed by atoms with Crippen molar-refractivity contribution in [3.63, 3.8) is 0 Å². The molecule has 1 atom stereocenters. The van der Waals surface area contributed by atoms with E-state index in [2.05, 4.69) is 47.0 Å². The molecular formula is C21H34IN3O3S. The minimum absolute atomic E-state index is 0. The Morgan fingerprint density at radius 2 is 2.03 bits per heavy atom. The lowest BCUT2D eigenvalue weighted by Gasteiger charge is -2.36. The number of thioether (sulfide) groups is 1. The molecular weight excluding hydrogens is 501 g/mol. The van der Waals surface area contributed by atoms with Crippen molar-refractivity contribution in [2.45, 2.75) is 43.6 Å². The summed E-state index contributed by atoms with van der Waals surface area (Å²) in [6.07, 6.45) is 5.42. The average molecular weight is 535 g/mol. The molecule has 0 spiro atoms. The van der Waals surface area contributed by atoms with Crippen molar-refractivity contribution in [1.82, 2.24) is 10.6 Å². The average Bonchev–Trinajstić information content (AvgIpc) is 3.23. The molecule has 0 amide bonds. The summed E-state index contributed by atoms with van der Waals surface area (Å²) in [5.74, 6) is 1.75. The van der Waals surface area contributed by atoms with E-state index in [0.717, 1.165) is 62.9 Å². The second-order valence-electron chi connectivity index (χ2n) is 7.49. The molecule has 0 radical (unpaired) electrons. The van der Waals surface area contributed by atoms with Gasteiger partial charge in [0, 0.05) is 50.1 Å². The highest BCUT2D eigenvalue weighted by Gasteiger charge is 2.31. The second kappa shape index (κ2) is 12.2. The summed E-state index contributed by atoms with van der Waals surface area (Å²) in [5.41, 5.74) is 2.33. The fraction of sp³-hybridized carbons (Fsp3) is 0.667. The maximum absolute atomic E-state index is 6.20. The maximum Gasteiger partial charge on any atom is 0.191 e. The van der Waals surface area contributed by atoms with Crippen molar-refractivity contribution >= 4 is 41.7 Å². The van der Waals surface area contributed by atoms with E-state index in [4.69, 9.17) is 14.2 Å². The van der Waals surface area contributed by atoms with E-state index >= 15 is 0 Å². The molecule has 29 heavy (non-hydrogen) atoms. The van der Waals surface area contributed by atoms with Crippen LogP contribution < -0.4 is 15.4 Å². The Hall–Kier alpha value is -0.710. The van der Waals surface area contributed by atoms with Crippen molar-refractivity contribution in [2.24, 2.45) is 4.99 Å². The number of benzene rings is 1. The van der Waals surface area contributed by atoms with E-state index in [0.29, 0.717) is 13.2 Å². The topological polar surface area (TPSA) is 64.1 Å². The zero-order valence-electron chi connectivity index (χ0n) is 17.7. The Kier molecular flexibility index (Phi) is 10.3. The van der Waals surface area contributed by atoms with Gasteiger partial charge < -0.3 is 24.8 Å². The molecule has 2 saturated heterocycles. The third-order valence-corrected chi connectivity index (χ3v) is 6.91. The Bertz CT molecular complexity index is 663. The summed E-state index contributed by atoms with van der Waals surface area (Å²) < 4.78 is 17.4. The van der Waals surface area contributed by atoms with Crippen LogP contribution in [-0.4, -0.2) is 63.1 Å². The zero-order chi connectivity index (χ0) is 19.8. The van der Waals surface area contributed by atoms with Gasteiger partial charge in [-0.3, -0.25) is 4.99 Å². The smallest absolute Gasteiger partial charge is 0.191 e. The van der Waals surface area contributed by atoms with Gasteiger partial charge in [0.2, 0.25) is 0 Å². The molecule has 1 aromatic carbocycles. The number of rotatable bonds is 7. The van der Waals surface area contributed by atoms with Crippen LogP contribution >= 0.6 is 35.7 Å². The molecule has 0 bridgehead atoms. The summed E-state index contributed by atoms with van der Waals surface area (Å²) in [6, 6.07) is 6.36. The van der Waals surface area contributed by atoms with Crippen molar-refractivity contribution in [1.29, 1.82) is 0 Å². The number of ether oxygens (including phenoxy) is 3. The number of nitrogens with one attached hydrogen (secondary N) is 2. The third-order valence-electron chi connectivity index (χ3n) is 5.49. The van der Waals surface area contributed by atoms with Crippen LogP contribution in [0.3, 0.4) is 0 Å². The SMILES string of the molecule is CN=C(NCc1ccc(C)cc1OC1CCOC1)NCC1(SC)CCOCC1.I. The lowest BCUT2D eigenvalue weighted by Crippen LogP contribution is -2.47. The van der Waals surface area contributed by atoms with Gasteiger partial charge in [0.05, 0.1) is 13.2 Å². The van der Waals surface area contributed by atoms with Gasteiger partial charge in [0.1, 0.15) is 11.9 Å². The van der Waals surface area contributed by atoms with Crippen LogP contribution in [0.2, 0.25) is 0 Å². The summed E-state index contributed by atoms with van der Waals surface area (Å²) in [6.45, 7) is 6.76. The van der Waals surface area contributed by atoms with Gasteiger partial charge in [-0.05, 0) is 37.7 Å².